The van der Waals surface area contributed by atoms with Gasteiger partial charge in [-0.2, -0.15) is 0 Å². The van der Waals surface area contributed by atoms with Crippen molar-refractivity contribution in [1.29, 1.82) is 0 Å². The molecule has 0 unspecified atom stereocenters. The van der Waals surface area contributed by atoms with Crippen molar-refractivity contribution in [3.8, 4) is 16.9 Å². The van der Waals surface area contributed by atoms with E-state index in [4.69, 9.17) is 4.74 Å². The highest BCUT2D eigenvalue weighted by molar-refractivity contribution is 9.10. The predicted molar refractivity (Wildman–Crippen MR) is 78.9 cm³/mol. The van der Waals surface area contributed by atoms with E-state index in [9.17, 15) is 4.39 Å². The molecule has 0 aliphatic rings. The van der Waals surface area contributed by atoms with Gasteiger partial charge in [-0.15, -0.1) is 0 Å². The van der Waals surface area contributed by atoms with Gasteiger partial charge in [0.15, 0.2) is 0 Å². The SMILES string of the molecule is CNCc1cc(OC)ccc1-c1cccc(Br)c1F. The van der Waals surface area contributed by atoms with Crippen LogP contribution in [0, 0.1) is 5.82 Å². The van der Waals surface area contributed by atoms with Crippen molar-refractivity contribution >= 4 is 15.9 Å². The van der Waals surface area contributed by atoms with Gasteiger partial charge in [0.05, 0.1) is 11.6 Å². The first-order chi connectivity index (χ1) is 9.17. The first kappa shape index (κ1) is 14.0. The van der Waals surface area contributed by atoms with E-state index in [1.807, 2.05) is 31.3 Å². The summed E-state index contributed by atoms with van der Waals surface area (Å²) in [5.74, 6) is 0.523. The fourth-order valence-corrected chi connectivity index (χ4v) is 2.37. The molecular formula is C15H15BrFNO. The largest absolute Gasteiger partial charge is 0.497 e. The van der Waals surface area contributed by atoms with E-state index in [2.05, 4.69) is 21.2 Å². The van der Waals surface area contributed by atoms with E-state index in [-0.39, 0.29) is 5.82 Å². The van der Waals surface area contributed by atoms with Crippen LogP contribution in [0.2, 0.25) is 0 Å². The topological polar surface area (TPSA) is 21.3 Å². The van der Waals surface area contributed by atoms with Crippen molar-refractivity contribution < 1.29 is 9.13 Å². The maximum Gasteiger partial charge on any atom is 0.145 e. The summed E-state index contributed by atoms with van der Waals surface area (Å²) in [5.41, 5.74) is 2.45. The third-order valence-electron chi connectivity index (χ3n) is 2.92. The van der Waals surface area contributed by atoms with Crippen LogP contribution in [-0.2, 0) is 6.54 Å². The van der Waals surface area contributed by atoms with E-state index >= 15 is 0 Å². The lowest BCUT2D eigenvalue weighted by atomic mass is 9.99. The maximum atomic E-state index is 14.2. The summed E-state index contributed by atoms with van der Waals surface area (Å²) in [6, 6.07) is 11.0. The number of methoxy groups -OCH3 is 1. The average Bonchev–Trinajstić information content (AvgIpc) is 2.42. The van der Waals surface area contributed by atoms with Crippen molar-refractivity contribution in [2.45, 2.75) is 6.54 Å². The summed E-state index contributed by atoms with van der Waals surface area (Å²) in [5, 5.41) is 3.09. The fourth-order valence-electron chi connectivity index (χ4n) is 2.01. The number of hydrogen-bond acceptors (Lipinski definition) is 2. The van der Waals surface area contributed by atoms with Crippen molar-refractivity contribution in [3.63, 3.8) is 0 Å². The monoisotopic (exact) mass is 323 g/mol. The van der Waals surface area contributed by atoms with Crippen LogP contribution in [-0.4, -0.2) is 14.2 Å². The van der Waals surface area contributed by atoms with Crippen molar-refractivity contribution in [1.82, 2.24) is 5.32 Å². The molecule has 0 aromatic heterocycles. The minimum absolute atomic E-state index is 0.245. The molecule has 1 N–H and O–H groups in total. The summed E-state index contributed by atoms with van der Waals surface area (Å²) < 4.78 is 19.9. The maximum absolute atomic E-state index is 14.2. The fraction of sp³-hybridized carbons (Fsp3) is 0.200. The quantitative estimate of drug-likeness (QED) is 0.918. The Balaban J connectivity index is 2.57. The Labute approximate surface area is 120 Å². The van der Waals surface area contributed by atoms with Crippen LogP contribution in [0.15, 0.2) is 40.9 Å². The second kappa shape index (κ2) is 6.17. The van der Waals surface area contributed by atoms with Crippen LogP contribution >= 0.6 is 15.9 Å². The normalized spacial score (nSPS) is 10.5. The van der Waals surface area contributed by atoms with Gasteiger partial charge in [0.2, 0.25) is 0 Å². The molecule has 0 atom stereocenters. The molecule has 0 aliphatic heterocycles. The second-order valence-corrected chi connectivity index (χ2v) is 5.01. The summed E-state index contributed by atoms with van der Waals surface area (Å²) in [6.45, 7) is 0.651. The van der Waals surface area contributed by atoms with Gasteiger partial charge >= 0.3 is 0 Å². The van der Waals surface area contributed by atoms with Gasteiger partial charge in [-0.25, -0.2) is 4.39 Å². The summed E-state index contributed by atoms with van der Waals surface area (Å²) in [6.07, 6.45) is 0. The van der Waals surface area contributed by atoms with Gasteiger partial charge in [0.1, 0.15) is 11.6 Å². The second-order valence-electron chi connectivity index (χ2n) is 4.15. The van der Waals surface area contributed by atoms with Crippen LogP contribution in [0.1, 0.15) is 5.56 Å². The summed E-state index contributed by atoms with van der Waals surface area (Å²) in [4.78, 5) is 0. The zero-order chi connectivity index (χ0) is 13.8. The highest BCUT2D eigenvalue weighted by Gasteiger charge is 2.12. The molecule has 2 rings (SSSR count). The summed E-state index contributed by atoms with van der Waals surface area (Å²) in [7, 11) is 3.48. The molecule has 0 radical (unpaired) electrons. The van der Waals surface area contributed by atoms with E-state index in [1.54, 1.807) is 19.2 Å². The van der Waals surface area contributed by atoms with Crippen LogP contribution in [0.3, 0.4) is 0 Å². The molecule has 2 aromatic rings. The van der Waals surface area contributed by atoms with Crippen LogP contribution < -0.4 is 10.1 Å². The molecular weight excluding hydrogens is 309 g/mol. The number of hydrogen-bond donors (Lipinski definition) is 1. The molecule has 2 nitrogen and oxygen atoms in total. The molecule has 0 saturated heterocycles. The Hall–Kier alpha value is -1.39. The van der Waals surface area contributed by atoms with E-state index in [1.165, 1.54) is 0 Å². The third-order valence-corrected chi connectivity index (χ3v) is 3.53. The Kier molecular flexibility index (Phi) is 4.56. The zero-order valence-corrected chi connectivity index (χ0v) is 12.4. The lowest BCUT2D eigenvalue weighted by molar-refractivity contribution is 0.414. The lowest BCUT2D eigenvalue weighted by Crippen LogP contribution is -2.07. The van der Waals surface area contributed by atoms with Crippen LogP contribution in [0.5, 0.6) is 5.75 Å². The van der Waals surface area contributed by atoms with E-state index < -0.39 is 0 Å². The number of halogens is 2. The first-order valence-electron chi connectivity index (χ1n) is 5.93. The van der Waals surface area contributed by atoms with E-state index in [0.717, 1.165) is 16.9 Å². The van der Waals surface area contributed by atoms with Crippen LogP contribution in [0.25, 0.3) is 11.1 Å². The van der Waals surface area contributed by atoms with Gasteiger partial charge in [-0.05, 0) is 52.3 Å². The number of benzene rings is 2. The molecule has 0 heterocycles. The highest BCUT2D eigenvalue weighted by atomic mass is 79.9. The standard InChI is InChI=1S/C15H15BrFNO/c1-18-9-10-8-11(19-2)6-7-12(10)13-4-3-5-14(16)15(13)17/h3-8,18H,9H2,1-2H3. The van der Waals surface area contributed by atoms with Crippen molar-refractivity contribution in [2.75, 3.05) is 14.2 Å². The minimum Gasteiger partial charge on any atom is -0.497 e. The molecule has 0 amide bonds. The van der Waals surface area contributed by atoms with Crippen molar-refractivity contribution in [3.05, 3.63) is 52.3 Å². The molecule has 4 heteroatoms. The summed E-state index contributed by atoms with van der Waals surface area (Å²) >= 11 is 3.22. The Bertz CT molecular complexity index is 586. The van der Waals surface area contributed by atoms with E-state index in [0.29, 0.717) is 16.6 Å². The predicted octanol–water partition coefficient (Wildman–Crippen LogP) is 3.98. The highest BCUT2D eigenvalue weighted by Crippen LogP contribution is 2.32. The molecule has 0 aliphatic carbocycles. The van der Waals surface area contributed by atoms with Gasteiger partial charge < -0.3 is 10.1 Å². The molecule has 0 saturated carbocycles. The molecule has 0 spiro atoms. The average molecular weight is 324 g/mol. The van der Waals surface area contributed by atoms with Gasteiger partial charge in [0, 0.05) is 12.1 Å². The van der Waals surface area contributed by atoms with Crippen LogP contribution in [0.4, 0.5) is 4.39 Å². The number of nitrogens with one attached hydrogen (secondary N) is 1. The number of rotatable bonds is 4. The third kappa shape index (κ3) is 2.96. The first-order valence-corrected chi connectivity index (χ1v) is 6.72. The Morgan fingerprint density at radius 1 is 1.21 bits per heavy atom. The Morgan fingerprint density at radius 2 is 2.00 bits per heavy atom. The number of ether oxygens (including phenoxy) is 1. The molecule has 100 valence electrons. The molecule has 0 fully saturated rings. The Morgan fingerprint density at radius 3 is 2.68 bits per heavy atom. The molecule has 19 heavy (non-hydrogen) atoms. The van der Waals surface area contributed by atoms with Gasteiger partial charge in [-0.1, -0.05) is 18.2 Å². The van der Waals surface area contributed by atoms with Crippen molar-refractivity contribution in [2.24, 2.45) is 0 Å². The molecule has 2 aromatic carbocycles. The van der Waals surface area contributed by atoms with Gasteiger partial charge in [0.25, 0.3) is 0 Å². The van der Waals surface area contributed by atoms with Gasteiger partial charge in [-0.3, -0.25) is 0 Å². The smallest absolute Gasteiger partial charge is 0.145 e. The lowest BCUT2D eigenvalue weighted by Gasteiger charge is -2.12. The zero-order valence-electron chi connectivity index (χ0n) is 10.8. The minimum atomic E-state index is -0.245. The molecule has 0 bridgehead atoms.